The first-order valence-electron chi connectivity index (χ1n) is 9.17. The molecule has 1 aromatic rings. The number of alkyl halides is 3. The highest BCUT2D eigenvalue weighted by atomic mass is 127. The summed E-state index contributed by atoms with van der Waals surface area (Å²) in [6.45, 7) is 4.00. The Kier molecular flexibility index (Phi) is 8.49. The highest BCUT2D eigenvalue weighted by molar-refractivity contribution is 14.0. The van der Waals surface area contributed by atoms with E-state index in [2.05, 4.69) is 10.3 Å². The minimum absolute atomic E-state index is 0. The first-order valence-corrected chi connectivity index (χ1v) is 9.17. The van der Waals surface area contributed by atoms with Crippen LogP contribution in [0.1, 0.15) is 6.92 Å². The van der Waals surface area contributed by atoms with Crippen molar-refractivity contribution in [3.8, 4) is 17.2 Å². The van der Waals surface area contributed by atoms with E-state index in [0.717, 1.165) is 0 Å². The molecule has 3 rings (SSSR count). The molecule has 1 atom stereocenters. The molecular formula is C18H26F3IN4O3. The van der Waals surface area contributed by atoms with Crippen LogP contribution >= 0.6 is 24.0 Å². The highest BCUT2D eigenvalue weighted by Gasteiger charge is 2.41. The molecule has 0 aromatic heterocycles. The number of nitrogens with zero attached hydrogens (tertiary/aromatic N) is 3. The van der Waals surface area contributed by atoms with Crippen LogP contribution in [0.4, 0.5) is 13.2 Å². The largest absolute Gasteiger partial charge is 0.492 e. The number of rotatable bonds is 5. The van der Waals surface area contributed by atoms with E-state index in [-0.39, 0.29) is 30.8 Å². The second-order valence-corrected chi connectivity index (χ2v) is 6.58. The van der Waals surface area contributed by atoms with Crippen molar-refractivity contribution < 1.29 is 27.4 Å². The van der Waals surface area contributed by atoms with Gasteiger partial charge in [-0.05, 0) is 19.1 Å². The maximum Gasteiger partial charge on any atom is 0.403 e. The summed E-state index contributed by atoms with van der Waals surface area (Å²) in [5.41, 5.74) is 0. The molecule has 0 spiro atoms. The molecule has 0 radical (unpaired) electrons. The summed E-state index contributed by atoms with van der Waals surface area (Å²) in [6, 6.07) is 3.95. The predicted octanol–water partition coefficient (Wildman–Crippen LogP) is 2.56. The number of hydrogen-bond donors (Lipinski definition) is 1. The number of piperazine rings is 1. The van der Waals surface area contributed by atoms with Crippen LogP contribution in [0.2, 0.25) is 0 Å². The van der Waals surface area contributed by atoms with Crippen LogP contribution in [0.15, 0.2) is 23.2 Å². The SMILES string of the molecule is CN=C(NCCOc1ccc2c(c1)OCO2)N1CCN(C(C)C(F)(F)F)CC1.I. The third-order valence-electron chi connectivity index (χ3n) is 4.84. The molecule has 0 aliphatic carbocycles. The molecule has 0 bridgehead atoms. The minimum atomic E-state index is -4.20. The zero-order valence-corrected chi connectivity index (χ0v) is 18.7. The lowest BCUT2D eigenvalue weighted by molar-refractivity contribution is -0.181. The normalized spacial score (nSPS) is 18.2. The Hall–Kier alpha value is -1.63. The molecule has 2 heterocycles. The quantitative estimate of drug-likeness (QED) is 0.274. The molecule has 1 N–H and O–H groups in total. The van der Waals surface area contributed by atoms with Crippen molar-refractivity contribution in [1.82, 2.24) is 15.1 Å². The first kappa shape index (κ1) is 23.6. The molecule has 164 valence electrons. The second-order valence-electron chi connectivity index (χ2n) is 6.58. The molecule has 2 aliphatic heterocycles. The van der Waals surface area contributed by atoms with Crippen molar-refractivity contribution in [2.75, 3.05) is 53.2 Å². The van der Waals surface area contributed by atoms with Gasteiger partial charge in [-0.3, -0.25) is 9.89 Å². The van der Waals surface area contributed by atoms with E-state index in [9.17, 15) is 13.2 Å². The fraction of sp³-hybridized carbons (Fsp3) is 0.611. The van der Waals surface area contributed by atoms with Crippen molar-refractivity contribution in [3.63, 3.8) is 0 Å². The average Bonchev–Trinajstić information content (AvgIpc) is 3.15. The van der Waals surface area contributed by atoms with Gasteiger partial charge >= 0.3 is 6.18 Å². The molecule has 2 aliphatic rings. The molecule has 1 saturated heterocycles. The van der Waals surface area contributed by atoms with E-state index in [1.807, 2.05) is 11.0 Å². The summed E-state index contributed by atoms with van der Waals surface area (Å²) in [7, 11) is 1.66. The molecule has 1 aromatic carbocycles. The Balaban J connectivity index is 0.00000300. The average molecular weight is 530 g/mol. The molecule has 0 amide bonds. The van der Waals surface area contributed by atoms with E-state index >= 15 is 0 Å². The summed E-state index contributed by atoms with van der Waals surface area (Å²) in [4.78, 5) is 7.63. The molecule has 0 saturated carbocycles. The Labute approximate surface area is 185 Å². The first-order chi connectivity index (χ1) is 13.4. The third kappa shape index (κ3) is 6.17. The standard InChI is InChI=1S/C18H25F3N4O3.HI/c1-13(18(19,20)21)24-6-8-25(9-7-24)17(22-2)23-5-10-26-14-3-4-15-16(11-14)28-12-27-15;/h3-4,11,13H,5-10,12H2,1-2H3,(H,22,23);1H. The number of ether oxygens (including phenoxy) is 3. The lowest BCUT2D eigenvalue weighted by atomic mass is 10.2. The Morgan fingerprint density at radius 2 is 1.90 bits per heavy atom. The lowest BCUT2D eigenvalue weighted by Crippen LogP contribution is -2.57. The van der Waals surface area contributed by atoms with Crippen LogP contribution in [0, 0.1) is 0 Å². The van der Waals surface area contributed by atoms with Crippen LogP contribution < -0.4 is 19.5 Å². The van der Waals surface area contributed by atoms with Gasteiger partial charge in [0.25, 0.3) is 0 Å². The minimum Gasteiger partial charge on any atom is -0.492 e. The maximum atomic E-state index is 12.9. The van der Waals surface area contributed by atoms with Gasteiger partial charge in [0.15, 0.2) is 17.5 Å². The Morgan fingerprint density at radius 3 is 2.55 bits per heavy atom. The second kappa shape index (κ2) is 10.4. The van der Waals surface area contributed by atoms with Gasteiger partial charge in [-0.2, -0.15) is 13.2 Å². The summed E-state index contributed by atoms with van der Waals surface area (Å²) >= 11 is 0. The molecule has 1 unspecified atom stereocenters. The van der Waals surface area contributed by atoms with E-state index < -0.39 is 12.2 Å². The van der Waals surface area contributed by atoms with Crippen molar-refractivity contribution in [1.29, 1.82) is 0 Å². The number of guanidine groups is 1. The third-order valence-corrected chi connectivity index (χ3v) is 4.84. The fourth-order valence-electron chi connectivity index (χ4n) is 3.16. The van der Waals surface area contributed by atoms with Gasteiger partial charge in [0, 0.05) is 39.3 Å². The van der Waals surface area contributed by atoms with E-state index in [0.29, 0.717) is 62.5 Å². The van der Waals surface area contributed by atoms with Crippen LogP contribution in [-0.2, 0) is 0 Å². The molecular weight excluding hydrogens is 504 g/mol. The van der Waals surface area contributed by atoms with Crippen molar-refractivity contribution in [2.45, 2.75) is 19.1 Å². The predicted molar refractivity (Wildman–Crippen MR) is 113 cm³/mol. The van der Waals surface area contributed by atoms with Gasteiger partial charge in [-0.25, -0.2) is 0 Å². The highest BCUT2D eigenvalue weighted by Crippen LogP contribution is 2.35. The van der Waals surface area contributed by atoms with Gasteiger partial charge in [-0.1, -0.05) is 0 Å². The number of aliphatic imine (C=N–C) groups is 1. The van der Waals surface area contributed by atoms with Crippen molar-refractivity contribution in [2.24, 2.45) is 4.99 Å². The van der Waals surface area contributed by atoms with Crippen molar-refractivity contribution >= 4 is 29.9 Å². The summed E-state index contributed by atoms with van der Waals surface area (Å²) in [5.74, 6) is 2.70. The van der Waals surface area contributed by atoms with Gasteiger partial charge in [0.2, 0.25) is 6.79 Å². The molecule has 1 fully saturated rings. The Bertz CT molecular complexity index is 697. The van der Waals surface area contributed by atoms with Crippen LogP contribution in [0.3, 0.4) is 0 Å². The molecule has 7 nitrogen and oxygen atoms in total. The monoisotopic (exact) mass is 530 g/mol. The zero-order valence-electron chi connectivity index (χ0n) is 16.4. The van der Waals surface area contributed by atoms with E-state index in [1.54, 1.807) is 19.2 Å². The van der Waals surface area contributed by atoms with Gasteiger partial charge in [0.05, 0.1) is 6.54 Å². The van der Waals surface area contributed by atoms with Crippen molar-refractivity contribution in [3.05, 3.63) is 18.2 Å². The number of halogens is 4. The van der Waals surface area contributed by atoms with Crippen LogP contribution in [0.5, 0.6) is 17.2 Å². The van der Waals surface area contributed by atoms with Crippen LogP contribution in [0.25, 0.3) is 0 Å². The van der Waals surface area contributed by atoms with E-state index in [4.69, 9.17) is 14.2 Å². The topological polar surface area (TPSA) is 58.6 Å². The Morgan fingerprint density at radius 1 is 1.21 bits per heavy atom. The van der Waals surface area contributed by atoms with Gasteiger partial charge in [0.1, 0.15) is 18.4 Å². The van der Waals surface area contributed by atoms with Gasteiger partial charge < -0.3 is 24.4 Å². The van der Waals surface area contributed by atoms with Gasteiger partial charge in [-0.15, -0.1) is 24.0 Å². The molecule has 29 heavy (non-hydrogen) atoms. The molecule has 11 heteroatoms. The lowest BCUT2D eigenvalue weighted by Gasteiger charge is -2.39. The number of fused-ring (bicyclic) bond motifs is 1. The zero-order chi connectivity index (χ0) is 20.1. The maximum absolute atomic E-state index is 12.9. The summed E-state index contributed by atoms with van der Waals surface area (Å²) in [6.07, 6.45) is -4.20. The number of hydrogen-bond acceptors (Lipinski definition) is 5. The summed E-state index contributed by atoms with van der Waals surface area (Å²) in [5, 5.41) is 3.19. The van der Waals surface area contributed by atoms with E-state index in [1.165, 1.54) is 11.8 Å². The number of nitrogens with one attached hydrogen (secondary N) is 1. The smallest absolute Gasteiger partial charge is 0.403 e. The number of benzene rings is 1. The summed E-state index contributed by atoms with van der Waals surface area (Å²) < 4.78 is 54.8. The fourth-order valence-corrected chi connectivity index (χ4v) is 3.16. The van der Waals surface area contributed by atoms with Crippen LogP contribution in [-0.4, -0.2) is 81.1 Å².